The highest BCUT2D eigenvalue weighted by atomic mass is 16.5. The molecule has 1 saturated carbocycles. The monoisotopic (exact) mass is 239 g/mol. The molecule has 0 amide bonds. The van der Waals surface area contributed by atoms with Gasteiger partial charge in [0.25, 0.3) is 0 Å². The Morgan fingerprint density at radius 2 is 1.76 bits per heavy atom. The van der Waals surface area contributed by atoms with Gasteiger partial charge >= 0.3 is 0 Å². The van der Waals surface area contributed by atoms with E-state index in [1.807, 2.05) is 0 Å². The molecular formula is C13H25N3O. The van der Waals surface area contributed by atoms with Crippen LogP contribution in [0.1, 0.15) is 19.3 Å². The zero-order valence-electron chi connectivity index (χ0n) is 11.6. The standard InChI is InChI=1S/C13H25N3O/c1-15(2)12(16(3)4)14-10-11-9-13(11)5-7-17-8-6-13/h11H,5-10H2,1-4H3. The van der Waals surface area contributed by atoms with Crippen LogP contribution in [0.4, 0.5) is 0 Å². The molecule has 1 spiro atoms. The highest BCUT2D eigenvalue weighted by Crippen LogP contribution is 2.59. The van der Waals surface area contributed by atoms with Crippen molar-refractivity contribution in [3.63, 3.8) is 0 Å². The highest BCUT2D eigenvalue weighted by Gasteiger charge is 2.53. The van der Waals surface area contributed by atoms with Crippen LogP contribution in [0.2, 0.25) is 0 Å². The smallest absolute Gasteiger partial charge is 0.195 e. The lowest BCUT2D eigenvalue weighted by Crippen LogP contribution is -2.35. The van der Waals surface area contributed by atoms with Crippen molar-refractivity contribution in [2.24, 2.45) is 16.3 Å². The second-order valence-electron chi connectivity index (χ2n) is 5.81. The van der Waals surface area contributed by atoms with Crippen molar-refractivity contribution in [1.29, 1.82) is 0 Å². The molecule has 0 aromatic heterocycles. The summed E-state index contributed by atoms with van der Waals surface area (Å²) >= 11 is 0. The number of aliphatic imine (C=N–C) groups is 1. The average Bonchev–Trinajstić information content (AvgIpc) is 2.91. The first-order chi connectivity index (χ1) is 8.05. The van der Waals surface area contributed by atoms with E-state index in [1.165, 1.54) is 19.3 Å². The van der Waals surface area contributed by atoms with Gasteiger partial charge in [0.1, 0.15) is 0 Å². The third-order valence-corrected chi connectivity index (χ3v) is 4.10. The second-order valence-corrected chi connectivity index (χ2v) is 5.81. The van der Waals surface area contributed by atoms with Crippen LogP contribution in [0.3, 0.4) is 0 Å². The Morgan fingerprint density at radius 1 is 1.18 bits per heavy atom. The molecule has 2 aliphatic rings. The summed E-state index contributed by atoms with van der Waals surface area (Å²) in [6.45, 7) is 2.88. The maximum absolute atomic E-state index is 5.44. The van der Waals surface area contributed by atoms with Gasteiger partial charge in [0.2, 0.25) is 0 Å². The van der Waals surface area contributed by atoms with Crippen LogP contribution < -0.4 is 0 Å². The van der Waals surface area contributed by atoms with E-state index < -0.39 is 0 Å². The molecule has 1 heterocycles. The van der Waals surface area contributed by atoms with E-state index in [-0.39, 0.29) is 0 Å². The fourth-order valence-corrected chi connectivity index (χ4v) is 2.95. The Bertz CT molecular complexity index is 283. The van der Waals surface area contributed by atoms with Crippen LogP contribution in [-0.4, -0.2) is 63.7 Å². The number of hydrogen-bond donors (Lipinski definition) is 0. The molecule has 0 aromatic rings. The van der Waals surface area contributed by atoms with Gasteiger partial charge in [0.05, 0.1) is 0 Å². The van der Waals surface area contributed by atoms with Crippen LogP contribution in [-0.2, 0) is 4.74 Å². The Labute approximate surface area is 105 Å². The normalized spacial score (nSPS) is 25.5. The Hall–Kier alpha value is -0.770. The molecule has 2 rings (SSSR count). The van der Waals surface area contributed by atoms with Gasteiger partial charge in [0.15, 0.2) is 5.96 Å². The fourth-order valence-electron chi connectivity index (χ4n) is 2.95. The lowest BCUT2D eigenvalue weighted by atomic mass is 9.94. The molecule has 0 bridgehead atoms. The number of nitrogens with zero attached hydrogens (tertiary/aromatic N) is 3. The number of guanidine groups is 1. The zero-order valence-corrected chi connectivity index (χ0v) is 11.6. The Kier molecular flexibility index (Phi) is 3.61. The molecule has 1 atom stereocenters. The summed E-state index contributed by atoms with van der Waals surface area (Å²) in [7, 11) is 8.21. The average molecular weight is 239 g/mol. The number of hydrogen-bond acceptors (Lipinski definition) is 2. The molecule has 1 aliphatic carbocycles. The van der Waals surface area contributed by atoms with Crippen molar-refractivity contribution in [3.8, 4) is 0 Å². The molecule has 4 heteroatoms. The first-order valence-corrected chi connectivity index (χ1v) is 6.52. The minimum atomic E-state index is 0.589. The number of rotatable bonds is 2. The van der Waals surface area contributed by atoms with E-state index in [4.69, 9.17) is 9.73 Å². The lowest BCUT2D eigenvalue weighted by Gasteiger charge is -2.24. The summed E-state index contributed by atoms with van der Waals surface area (Å²) in [5.41, 5.74) is 0.589. The molecule has 1 aliphatic heterocycles. The number of ether oxygens (including phenoxy) is 1. The molecule has 0 N–H and O–H groups in total. The molecule has 17 heavy (non-hydrogen) atoms. The van der Waals surface area contributed by atoms with Gasteiger partial charge in [-0.05, 0) is 30.6 Å². The summed E-state index contributed by atoms with van der Waals surface area (Å²) in [4.78, 5) is 8.93. The van der Waals surface area contributed by atoms with Gasteiger partial charge in [0, 0.05) is 47.9 Å². The molecule has 98 valence electrons. The van der Waals surface area contributed by atoms with E-state index in [2.05, 4.69) is 38.0 Å². The van der Waals surface area contributed by atoms with Crippen LogP contribution in [0.5, 0.6) is 0 Å². The van der Waals surface area contributed by atoms with Gasteiger partial charge in [-0.15, -0.1) is 0 Å². The van der Waals surface area contributed by atoms with Crippen molar-refractivity contribution in [3.05, 3.63) is 0 Å². The predicted octanol–water partition coefficient (Wildman–Crippen LogP) is 1.28. The molecule has 0 aromatic carbocycles. The zero-order chi connectivity index (χ0) is 12.5. The summed E-state index contributed by atoms with van der Waals surface area (Å²) in [5.74, 6) is 1.86. The van der Waals surface area contributed by atoms with Crippen LogP contribution in [0, 0.1) is 11.3 Å². The third kappa shape index (κ3) is 2.73. The predicted molar refractivity (Wildman–Crippen MR) is 70.3 cm³/mol. The Balaban J connectivity index is 1.88. The van der Waals surface area contributed by atoms with E-state index in [1.54, 1.807) is 0 Å². The van der Waals surface area contributed by atoms with Crippen molar-refractivity contribution in [1.82, 2.24) is 9.80 Å². The third-order valence-electron chi connectivity index (χ3n) is 4.10. The fraction of sp³-hybridized carbons (Fsp3) is 0.923. The minimum Gasteiger partial charge on any atom is -0.381 e. The van der Waals surface area contributed by atoms with Gasteiger partial charge in [-0.3, -0.25) is 4.99 Å². The molecule has 1 saturated heterocycles. The molecule has 2 fully saturated rings. The Morgan fingerprint density at radius 3 is 2.29 bits per heavy atom. The maximum atomic E-state index is 5.44. The largest absolute Gasteiger partial charge is 0.381 e. The summed E-state index contributed by atoms with van der Waals surface area (Å²) in [6, 6.07) is 0. The van der Waals surface area contributed by atoms with Gasteiger partial charge in [-0.1, -0.05) is 0 Å². The summed E-state index contributed by atoms with van der Waals surface area (Å²) in [6.07, 6.45) is 3.84. The first kappa shape index (κ1) is 12.7. The van der Waals surface area contributed by atoms with Crippen molar-refractivity contribution in [2.45, 2.75) is 19.3 Å². The van der Waals surface area contributed by atoms with E-state index in [0.29, 0.717) is 5.41 Å². The second kappa shape index (κ2) is 4.84. The molecule has 1 unspecified atom stereocenters. The summed E-state index contributed by atoms with van der Waals surface area (Å²) in [5, 5.41) is 0. The van der Waals surface area contributed by atoms with Gasteiger partial charge < -0.3 is 14.5 Å². The van der Waals surface area contributed by atoms with E-state index in [9.17, 15) is 0 Å². The highest BCUT2D eigenvalue weighted by molar-refractivity contribution is 5.79. The van der Waals surface area contributed by atoms with Crippen molar-refractivity contribution >= 4 is 5.96 Å². The molecular weight excluding hydrogens is 214 g/mol. The first-order valence-electron chi connectivity index (χ1n) is 6.52. The van der Waals surface area contributed by atoms with Gasteiger partial charge in [-0.25, -0.2) is 0 Å². The summed E-state index contributed by atoms with van der Waals surface area (Å²) < 4.78 is 5.44. The van der Waals surface area contributed by atoms with Crippen LogP contribution in [0.25, 0.3) is 0 Å². The molecule has 4 nitrogen and oxygen atoms in total. The van der Waals surface area contributed by atoms with Crippen LogP contribution in [0.15, 0.2) is 4.99 Å². The van der Waals surface area contributed by atoms with Gasteiger partial charge in [-0.2, -0.15) is 0 Å². The minimum absolute atomic E-state index is 0.589. The molecule has 0 radical (unpaired) electrons. The van der Waals surface area contributed by atoms with Crippen molar-refractivity contribution < 1.29 is 4.74 Å². The lowest BCUT2D eigenvalue weighted by molar-refractivity contribution is 0.0525. The van der Waals surface area contributed by atoms with Crippen LogP contribution >= 0.6 is 0 Å². The maximum Gasteiger partial charge on any atom is 0.195 e. The van der Waals surface area contributed by atoms with Crippen molar-refractivity contribution in [2.75, 3.05) is 47.9 Å². The SMILES string of the molecule is CN(C)C(=NCC1CC12CCOCC2)N(C)C. The quantitative estimate of drug-likeness (QED) is 0.537. The van der Waals surface area contributed by atoms with E-state index >= 15 is 0 Å². The van der Waals surface area contributed by atoms with E-state index in [0.717, 1.165) is 31.6 Å². The topological polar surface area (TPSA) is 28.1 Å².